The summed E-state index contributed by atoms with van der Waals surface area (Å²) in [7, 11) is 0. The van der Waals surface area contributed by atoms with Crippen molar-refractivity contribution in [2.75, 3.05) is 26.2 Å². The van der Waals surface area contributed by atoms with Crippen LogP contribution in [0.15, 0.2) is 22.8 Å². The van der Waals surface area contributed by atoms with Crippen LogP contribution in [0.2, 0.25) is 0 Å². The number of carbonyl (C=O) groups is 2. The van der Waals surface area contributed by atoms with Crippen LogP contribution in [0, 0.1) is 0 Å². The number of amides is 2. The molecule has 0 bridgehead atoms. The minimum absolute atomic E-state index is 0.0236. The maximum absolute atomic E-state index is 12.9. The smallest absolute Gasteiger partial charge is 0.289 e. The van der Waals surface area contributed by atoms with Crippen LogP contribution in [-0.4, -0.2) is 58.0 Å². The van der Waals surface area contributed by atoms with Gasteiger partial charge in [-0.1, -0.05) is 6.42 Å². The maximum atomic E-state index is 12.9. The van der Waals surface area contributed by atoms with Crippen LogP contribution in [0.5, 0.6) is 0 Å². The Morgan fingerprint density at radius 3 is 2.44 bits per heavy atom. The number of nitrogens with zero attached hydrogens (tertiary/aromatic N) is 3. The summed E-state index contributed by atoms with van der Waals surface area (Å²) in [6.45, 7) is 2.07. The number of hydrogen-bond donors (Lipinski definition) is 1. The van der Waals surface area contributed by atoms with E-state index < -0.39 is 0 Å². The van der Waals surface area contributed by atoms with Crippen molar-refractivity contribution >= 4 is 11.8 Å². The molecule has 4 rings (SSSR count). The van der Waals surface area contributed by atoms with Gasteiger partial charge < -0.3 is 14.2 Å². The molecule has 0 aromatic carbocycles. The van der Waals surface area contributed by atoms with Crippen LogP contribution >= 0.6 is 0 Å². The normalized spacial score (nSPS) is 17.9. The average molecular weight is 342 g/mol. The summed E-state index contributed by atoms with van der Waals surface area (Å²) in [5.41, 5.74) is 2.78. The highest BCUT2D eigenvalue weighted by Gasteiger charge is 2.29. The molecule has 0 atom stereocenters. The lowest BCUT2D eigenvalue weighted by Crippen LogP contribution is -2.50. The van der Waals surface area contributed by atoms with E-state index in [1.54, 1.807) is 21.9 Å². The van der Waals surface area contributed by atoms with Gasteiger partial charge in [-0.2, -0.15) is 5.10 Å². The molecule has 1 fully saturated rings. The SMILES string of the molecule is O=C(c1ccco1)N1CCN(C(=O)c2n[nH]c3c2CCCCC3)CC1. The molecule has 132 valence electrons. The first kappa shape index (κ1) is 15.9. The number of aryl methyl sites for hydroxylation is 1. The summed E-state index contributed by atoms with van der Waals surface area (Å²) < 4.78 is 5.17. The van der Waals surface area contributed by atoms with E-state index in [4.69, 9.17) is 4.42 Å². The van der Waals surface area contributed by atoms with Crippen LogP contribution in [-0.2, 0) is 12.8 Å². The topological polar surface area (TPSA) is 82.4 Å². The van der Waals surface area contributed by atoms with Crippen molar-refractivity contribution in [3.63, 3.8) is 0 Å². The fourth-order valence-electron chi connectivity index (χ4n) is 3.65. The molecule has 0 spiro atoms. The molecule has 1 aliphatic carbocycles. The molecule has 2 aromatic rings. The van der Waals surface area contributed by atoms with Crippen molar-refractivity contribution in [1.29, 1.82) is 0 Å². The summed E-state index contributed by atoms with van der Waals surface area (Å²) in [6.07, 6.45) is 6.85. The number of rotatable bonds is 2. The standard InChI is InChI=1S/C18H22N4O3/c23-17(15-7-4-12-25-15)21-8-10-22(11-9-21)18(24)16-13-5-2-1-3-6-14(13)19-20-16/h4,7,12H,1-3,5-6,8-11H2,(H,19,20). The van der Waals surface area contributed by atoms with Gasteiger partial charge in [0.2, 0.25) is 0 Å². The molecule has 0 saturated carbocycles. The van der Waals surface area contributed by atoms with E-state index in [2.05, 4.69) is 10.2 Å². The molecule has 2 aliphatic rings. The van der Waals surface area contributed by atoms with Gasteiger partial charge in [0.25, 0.3) is 11.8 Å². The van der Waals surface area contributed by atoms with Crippen molar-refractivity contribution in [3.8, 4) is 0 Å². The molecule has 0 unspecified atom stereocenters. The minimum atomic E-state index is -0.120. The highest BCUT2D eigenvalue weighted by atomic mass is 16.3. The van der Waals surface area contributed by atoms with Gasteiger partial charge >= 0.3 is 0 Å². The Kier molecular flexibility index (Phi) is 4.29. The fraction of sp³-hybridized carbons (Fsp3) is 0.500. The average Bonchev–Trinajstić information content (AvgIpc) is 3.26. The number of furan rings is 1. The zero-order chi connectivity index (χ0) is 17.2. The Bertz CT molecular complexity index is 757. The molecule has 1 saturated heterocycles. The van der Waals surface area contributed by atoms with Gasteiger partial charge in [-0.15, -0.1) is 0 Å². The molecule has 2 aromatic heterocycles. The van der Waals surface area contributed by atoms with Crippen molar-refractivity contribution in [1.82, 2.24) is 20.0 Å². The van der Waals surface area contributed by atoms with E-state index in [0.717, 1.165) is 36.9 Å². The van der Waals surface area contributed by atoms with E-state index in [9.17, 15) is 9.59 Å². The maximum Gasteiger partial charge on any atom is 0.289 e. The van der Waals surface area contributed by atoms with Gasteiger partial charge in [0.15, 0.2) is 11.5 Å². The third-order valence-corrected chi connectivity index (χ3v) is 5.09. The first-order valence-electron chi connectivity index (χ1n) is 8.92. The second-order valence-electron chi connectivity index (χ2n) is 6.65. The summed E-state index contributed by atoms with van der Waals surface area (Å²) in [5, 5.41) is 7.35. The van der Waals surface area contributed by atoms with E-state index >= 15 is 0 Å². The number of piperazine rings is 1. The lowest BCUT2D eigenvalue weighted by atomic mass is 10.1. The Labute approximate surface area is 146 Å². The molecule has 2 amide bonds. The third kappa shape index (κ3) is 3.06. The molecular weight excluding hydrogens is 320 g/mol. The zero-order valence-corrected chi connectivity index (χ0v) is 14.2. The lowest BCUT2D eigenvalue weighted by Gasteiger charge is -2.34. The Balaban J connectivity index is 1.42. The van der Waals surface area contributed by atoms with Gasteiger partial charge in [0, 0.05) is 37.4 Å². The van der Waals surface area contributed by atoms with Gasteiger partial charge in [-0.25, -0.2) is 0 Å². The van der Waals surface area contributed by atoms with Crippen molar-refractivity contribution < 1.29 is 14.0 Å². The Morgan fingerprint density at radius 2 is 1.72 bits per heavy atom. The number of fused-ring (bicyclic) bond motifs is 1. The number of carbonyl (C=O) groups excluding carboxylic acids is 2. The summed E-state index contributed by atoms with van der Waals surface area (Å²) in [5.74, 6) is 0.202. The minimum Gasteiger partial charge on any atom is -0.459 e. The summed E-state index contributed by atoms with van der Waals surface area (Å²) >= 11 is 0. The fourth-order valence-corrected chi connectivity index (χ4v) is 3.65. The van der Waals surface area contributed by atoms with Gasteiger partial charge in [0.1, 0.15) is 0 Å². The highest BCUT2D eigenvalue weighted by molar-refractivity contribution is 5.95. The third-order valence-electron chi connectivity index (χ3n) is 5.09. The summed E-state index contributed by atoms with van der Waals surface area (Å²) in [4.78, 5) is 28.7. The number of aromatic nitrogens is 2. The molecule has 7 nitrogen and oxygen atoms in total. The number of H-pyrrole nitrogens is 1. The molecule has 7 heteroatoms. The van der Waals surface area contributed by atoms with Gasteiger partial charge in [-0.3, -0.25) is 14.7 Å². The highest BCUT2D eigenvalue weighted by Crippen LogP contribution is 2.23. The monoisotopic (exact) mass is 342 g/mol. The van der Waals surface area contributed by atoms with E-state index in [0.29, 0.717) is 37.6 Å². The van der Waals surface area contributed by atoms with Crippen LogP contribution < -0.4 is 0 Å². The van der Waals surface area contributed by atoms with Crippen molar-refractivity contribution in [2.45, 2.75) is 32.1 Å². The van der Waals surface area contributed by atoms with Crippen LogP contribution in [0.3, 0.4) is 0 Å². The van der Waals surface area contributed by atoms with Crippen LogP contribution in [0.1, 0.15) is 51.6 Å². The summed E-state index contributed by atoms with van der Waals surface area (Å²) in [6, 6.07) is 3.37. The number of aromatic amines is 1. The molecule has 0 radical (unpaired) electrons. The molecular formula is C18H22N4O3. The largest absolute Gasteiger partial charge is 0.459 e. The van der Waals surface area contributed by atoms with Crippen molar-refractivity contribution in [3.05, 3.63) is 41.1 Å². The second kappa shape index (κ2) is 6.74. The van der Waals surface area contributed by atoms with Gasteiger partial charge in [0.05, 0.1) is 6.26 Å². The first-order chi connectivity index (χ1) is 12.2. The molecule has 1 aliphatic heterocycles. The predicted octanol–water partition coefficient (Wildman–Crippen LogP) is 1.87. The Hall–Kier alpha value is -2.57. The Morgan fingerprint density at radius 1 is 1.00 bits per heavy atom. The van der Waals surface area contributed by atoms with Gasteiger partial charge in [-0.05, 0) is 37.8 Å². The lowest BCUT2D eigenvalue weighted by molar-refractivity contribution is 0.0514. The molecule has 1 N–H and O–H groups in total. The number of hydrogen-bond acceptors (Lipinski definition) is 4. The van der Waals surface area contributed by atoms with Crippen LogP contribution in [0.4, 0.5) is 0 Å². The predicted molar refractivity (Wildman–Crippen MR) is 90.4 cm³/mol. The second-order valence-corrected chi connectivity index (χ2v) is 6.65. The molecule has 25 heavy (non-hydrogen) atoms. The zero-order valence-electron chi connectivity index (χ0n) is 14.2. The van der Waals surface area contributed by atoms with E-state index in [1.807, 2.05) is 0 Å². The molecule has 3 heterocycles. The van der Waals surface area contributed by atoms with E-state index in [-0.39, 0.29) is 11.8 Å². The van der Waals surface area contributed by atoms with Crippen molar-refractivity contribution in [2.24, 2.45) is 0 Å². The van der Waals surface area contributed by atoms with Crippen LogP contribution in [0.25, 0.3) is 0 Å². The quantitative estimate of drug-likeness (QED) is 0.845. The first-order valence-corrected chi connectivity index (χ1v) is 8.92. The number of nitrogens with one attached hydrogen (secondary N) is 1. The van der Waals surface area contributed by atoms with E-state index in [1.165, 1.54) is 12.7 Å².